The van der Waals surface area contributed by atoms with Crippen LogP contribution in [-0.2, 0) is 10.0 Å². The molecule has 2 aromatic carbocycles. The summed E-state index contributed by atoms with van der Waals surface area (Å²) in [5.74, 6) is 0. The molecular weight excluding hydrogens is 306 g/mol. The summed E-state index contributed by atoms with van der Waals surface area (Å²) >= 11 is 1.46. The van der Waals surface area contributed by atoms with E-state index in [0.29, 0.717) is 5.69 Å². The van der Waals surface area contributed by atoms with Gasteiger partial charge in [0.15, 0.2) is 0 Å². The van der Waals surface area contributed by atoms with Crippen LogP contribution < -0.4 is 10.5 Å². The zero-order chi connectivity index (χ0) is 15.0. The van der Waals surface area contributed by atoms with E-state index in [0.717, 1.165) is 15.8 Å². The fourth-order valence-electron chi connectivity index (χ4n) is 2.04. The molecule has 0 spiro atoms. The predicted octanol–water partition coefficient (Wildman–Crippen LogP) is 2.99. The molecular formula is C14H13N3O2S2. The van der Waals surface area contributed by atoms with Gasteiger partial charge in [-0.05, 0) is 42.8 Å². The van der Waals surface area contributed by atoms with Gasteiger partial charge in [-0.3, -0.25) is 4.72 Å². The second kappa shape index (κ2) is 5.01. The average molecular weight is 319 g/mol. The normalized spacial score (nSPS) is 11.7. The summed E-state index contributed by atoms with van der Waals surface area (Å²) in [5.41, 5.74) is 10.0. The Morgan fingerprint density at radius 2 is 2.00 bits per heavy atom. The van der Waals surface area contributed by atoms with Crippen LogP contribution in [0, 0.1) is 6.92 Å². The summed E-state index contributed by atoms with van der Waals surface area (Å²) in [6.07, 6.45) is 0. The third kappa shape index (κ3) is 2.70. The van der Waals surface area contributed by atoms with Crippen molar-refractivity contribution in [3.63, 3.8) is 0 Å². The minimum absolute atomic E-state index is 0.0810. The Kier molecular flexibility index (Phi) is 3.30. The SMILES string of the molecule is Cc1ccc(S(=O)(=O)Nc2ccc3ncsc3c2)c(N)c1. The van der Waals surface area contributed by atoms with Crippen LogP contribution in [0.15, 0.2) is 46.8 Å². The van der Waals surface area contributed by atoms with E-state index in [1.165, 1.54) is 17.4 Å². The monoisotopic (exact) mass is 319 g/mol. The summed E-state index contributed by atoms with van der Waals surface area (Å²) in [4.78, 5) is 4.24. The summed E-state index contributed by atoms with van der Waals surface area (Å²) in [6.45, 7) is 1.86. The number of nitrogens with one attached hydrogen (secondary N) is 1. The first-order valence-corrected chi connectivity index (χ1v) is 8.54. The molecule has 0 amide bonds. The molecule has 3 rings (SSSR count). The van der Waals surface area contributed by atoms with E-state index in [9.17, 15) is 8.42 Å². The molecule has 0 aliphatic heterocycles. The Labute approximate surface area is 126 Å². The minimum Gasteiger partial charge on any atom is -0.398 e. The second-order valence-corrected chi connectivity index (χ2v) is 7.22. The Morgan fingerprint density at radius 1 is 1.19 bits per heavy atom. The maximum Gasteiger partial charge on any atom is 0.263 e. The van der Waals surface area contributed by atoms with Crippen molar-refractivity contribution in [2.24, 2.45) is 0 Å². The van der Waals surface area contributed by atoms with Crippen LogP contribution in [0.1, 0.15) is 5.56 Å². The first kappa shape index (κ1) is 13.8. The highest BCUT2D eigenvalue weighted by Crippen LogP contribution is 2.26. The van der Waals surface area contributed by atoms with Crippen molar-refractivity contribution in [2.45, 2.75) is 11.8 Å². The van der Waals surface area contributed by atoms with Crippen LogP contribution in [0.3, 0.4) is 0 Å². The van der Waals surface area contributed by atoms with Crippen LogP contribution in [0.25, 0.3) is 10.2 Å². The summed E-state index contributed by atoms with van der Waals surface area (Å²) in [6, 6.07) is 10.1. The van der Waals surface area contributed by atoms with Gasteiger partial charge in [-0.1, -0.05) is 6.07 Å². The molecule has 0 radical (unpaired) electrons. The van der Waals surface area contributed by atoms with Crippen LogP contribution in [0.5, 0.6) is 0 Å². The fraction of sp³-hybridized carbons (Fsp3) is 0.0714. The van der Waals surface area contributed by atoms with E-state index >= 15 is 0 Å². The third-order valence-electron chi connectivity index (χ3n) is 3.04. The van der Waals surface area contributed by atoms with Gasteiger partial charge in [0.1, 0.15) is 4.90 Å². The molecule has 0 saturated heterocycles. The number of nitrogens with two attached hydrogens (primary N) is 1. The van der Waals surface area contributed by atoms with E-state index in [-0.39, 0.29) is 10.6 Å². The smallest absolute Gasteiger partial charge is 0.263 e. The number of benzene rings is 2. The van der Waals surface area contributed by atoms with Crippen LogP contribution >= 0.6 is 11.3 Å². The van der Waals surface area contributed by atoms with Crippen molar-refractivity contribution >= 4 is 43.0 Å². The molecule has 1 heterocycles. The molecule has 7 heteroatoms. The van der Waals surface area contributed by atoms with Gasteiger partial charge < -0.3 is 5.73 Å². The van der Waals surface area contributed by atoms with E-state index < -0.39 is 10.0 Å². The highest BCUT2D eigenvalue weighted by molar-refractivity contribution is 7.92. The largest absolute Gasteiger partial charge is 0.398 e. The van der Waals surface area contributed by atoms with Gasteiger partial charge in [0.2, 0.25) is 0 Å². The quantitative estimate of drug-likeness (QED) is 0.727. The second-order valence-electron chi connectivity index (χ2n) is 4.68. The lowest BCUT2D eigenvalue weighted by Gasteiger charge is -2.10. The van der Waals surface area contributed by atoms with Crippen LogP contribution in [0.4, 0.5) is 11.4 Å². The van der Waals surface area contributed by atoms with Crippen molar-refractivity contribution in [2.75, 3.05) is 10.5 Å². The number of thiazole rings is 1. The number of nitrogen functional groups attached to an aromatic ring is 1. The van der Waals surface area contributed by atoms with Gasteiger partial charge >= 0.3 is 0 Å². The molecule has 1 aromatic heterocycles. The predicted molar refractivity (Wildman–Crippen MR) is 86.0 cm³/mol. The number of hydrogen-bond acceptors (Lipinski definition) is 5. The van der Waals surface area contributed by atoms with Crippen molar-refractivity contribution in [3.05, 3.63) is 47.5 Å². The van der Waals surface area contributed by atoms with Crippen molar-refractivity contribution < 1.29 is 8.42 Å². The molecule has 21 heavy (non-hydrogen) atoms. The molecule has 0 aliphatic carbocycles. The number of aromatic nitrogens is 1. The summed E-state index contributed by atoms with van der Waals surface area (Å²) in [7, 11) is -3.70. The average Bonchev–Trinajstić information content (AvgIpc) is 2.85. The first-order chi connectivity index (χ1) is 9.95. The molecule has 0 bridgehead atoms. The lowest BCUT2D eigenvalue weighted by atomic mass is 10.2. The molecule has 0 aliphatic rings. The number of rotatable bonds is 3. The molecule has 3 aromatic rings. The van der Waals surface area contributed by atoms with Gasteiger partial charge in [0.25, 0.3) is 10.0 Å². The van der Waals surface area contributed by atoms with E-state index in [2.05, 4.69) is 9.71 Å². The topological polar surface area (TPSA) is 85.1 Å². The molecule has 108 valence electrons. The van der Waals surface area contributed by atoms with Gasteiger partial charge in [-0.25, -0.2) is 13.4 Å². The zero-order valence-electron chi connectivity index (χ0n) is 11.2. The van der Waals surface area contributed by atoms with E-state index in [4.69, 9.17) is 5.73 Å². The minimum atomic E-state index is -3.70. The molecule has 0 fully saturated rings. The zero-order valence-corrected chi connectivity index (χ0v) is 12.8. The van der Waals surface area contributed by atoms with Gasteiger partial charge in [-0.15, -0.1) is 11.3 Å². The van der Waals surface area contributed by atoms with Gasteiger partial charge in [0.05, 0.1) is 27.1 Å². The number of anilines is 2. The Morgan fingerprint density at radius 3 is 2.76 bits per heavy atom. The molecule has 5 nitrogen and oxygen atoms in total. The van der Waals surface area contributed by atoms with E-state index in [1.54, 1.807) is 35.8 Å². The summed E-state index contributed by atoms with van der Waals surface area (Å²) in [5, 5.41) is 0. The Hall–Kier alpha value is -2.12. The number of aryl methyl sites for hydroxylation is 1. The fourth-order valence-corrected chi connectivity index (χ4v) is 3.92. The van der Waals surface area contributed by atoms with Crippen molar-refractivity contribution in [1.29, 1.82) is 0 Å². The molecule has 3 N–H and O–H groups in total. The Balaban J connectivity index is 1.98. The lowest BCUT2D eigenvalue weighted by Crippen LogP contribution is -2.14. The van der Waals surface area contributed by atoms with Crippen molar-refractivity contribution in [1.82, 2.24) is 4.98 Å². The molecule has 0 atom stereocenters. The standard InChI is InChI=1S/C14H13N3O2S2/c1-9-2-5-14(11(15)6-9)21(18,19)17-10-3-4-12-13(7-10)20-8-16-12/h2-8,17H,15H2,1H3. The first-order valence-electron chi connectivity index (χ1n) is 6.18. The Bertz CT molecular complexity index is 917. The van der Waals surface area contributed by atoms with Crippen molar-refractivity contribution in [3.8, 4) is 0 Å². The highest BCUT2D eigenvalue weighted by atomic mass is 32.2. The van der Waals surface area contributed by atoms with Crippen LogP contribution in [-0.4, -0.2) is 13.4 Å². The van der Waals surface area contributed by atoms with Crippen LogP contribution in [0.2, 0.25) is 0 Å². The van der Waals surface area contributed by atoms with Gasteiger partial charge in [0, 0.05) is 0 Å². The lowest BCUT2D eigenvalue weighted by molar-refractivity contribution is 0.601. The molecule has 0 unspecified atom stereocenters. The third-order valence-corrected chi connectivity index (χ3v) is 5.29. The maximum atomic E-state index is 12.4. The number of nitrogens with zero attached hydrogens (tertiary/aromatic N) is 1. The number of sulfonamides is 1. The maximum absolute atomic E-state index is 12.4. The highest BCUT2D eigenvalue weighted by Gasteiger charge is 2.17. The number of fused-ring (bicyclic) bond motifs is 1. The van der Waals surface area contributed by atoms with E-state index in [1.807, 2.05) is 6.92 Å². The molecule has 0 saturated carbocycles. The summed E-state index contributed by atoms with van der Waals surface area (Å²) < 4.78 is 28.3. The number of hydrogen-bond donors (Lipinski definition) is 2. The van der Waals surface area contributed by atoms with Gasteiger partial charge in [-0.2, -0.15) is 0 Å².